The molecule has 6 heteroatoms. The Bertz CT molecular complexity index is 23.0. The molecule has 0 fully saturated rings. The van der Waals surface area contributed by atoms with Crippen LogP contribution in [0.25, 0.3) is 0 Å². The Morgan fingerprint density at radius 2 is 0.833 bits per heavy atom. The van der Waals surface area contributed by atoms with Crippen molar-refractivity contribution in [3.63, 3.8) is 0 Å². The summed E-state index contributed by atoms with van der Waals surface area (Å²) in [4.78, 5) is 0. The van der Waals surface area contributed by atoms with Crippen molar-refractivity contribution < 1.29 is 11.5 Å². The van der Waals surface area contributed by atoms with Gasteiger partial charge in [0.1, 0.15) is 0 Å². The number of hydrogen-bond acceptors (Lipinski definition) is 0. The molecule has 0 amide bonds. The van der Waals surface area contributed by atoms with Gasteiger partial charge in [0.05, 0.1) is 0 Å². The van der Waals surface area contributed by atoms with Crippen LogP contribution >= 0.6 is 0 Å². The van der Waals surface area contributed by atoms with E-state index in [2.05, 4.69) is 0 Å². The average molecular weight is 235 g/mol. The molecule has 0 aliphatic rings. The van der Waals surface area contributed by atoms with Crippen LogP contribution in [0, 0.1) is 0 Å². The zero-order valence-electron chi connectivity index (χ0n) is 2.72. The van der Waals surface area contributed by atoms with Crippen LogP contribution in [0.15, 0.2) is 0 Å². The van der Waals surface area contributed by atoms with E-state index in [9.17, 15) is 11.5 Å². The molecule has 0 aromatic carbocycles. The minimum absolute atomic E-state index is 0. The number of halogens is 4. The number of hydrogen-bond donors (Lipinski definition) is 0. The zero-order valence-corrected chi connectivity index (χ0v) is 7.78. The molecular weight excluding hydrogens is 235 g/mol. The molecule has 0 spiro atoms. The average Bonchev–Trinajstić information content (AvgIpc) is 0.722. The van der Waals surface area contributed by atoms with E-state index >= 15 is 0 Å². The summed E-state index contributed by atoms with van der Waals surface area (Å²) < 4.78 is 39.6. The first kappa shape index (κ1) is 10.7. The van der Waals surface area contributed by atoms with Crippen molar-refractivity contribution in [2.75, 3.05) is 0 Å². The molecule has 0 aliphatic carbocycles. The molecule has 0 heterocycles. The molecule has 0 bridgehead atoms. The van der Waals surface area contributed by atoms with E-state index in [4.69, 9.17) is 0 Å². The normalized spacial score (nSPS) is 10.0. The van der Waals surface area contributed by atoms with E-state index < -0.39 is 20.7 Å². The maximum atomic E-state index is 9.90. The van der Waals surface area contributed by atoms with Gasteiger partial charge < -0.3 is 0 Å². The molecule has 0 N–H and O–H groups in total. The van der Waals surface area contributed by atoms with Crippen molar-refractivity contribution in [2.24, 2.45) is 0 Å². The standard InChI is InChI=1S/Ca.4FH.Sn/h;4*1H;/q;;;;;+4/p-4. The van der Waals surface area contributed by atoms with Crippen molar-refractivity contribution in [2.45, 2.75) is 0 Å². The van der Waals surface area contributed by atoms with Gasteiger partial charge in [0, 0.05) is 37.7 Å². The summed E-state index contributed by atoms with van der Waals surface area (Å²) in [5, 5.41) is 0. The van der Waals surface area contributed by atoms with Crippen molar-refractivity contribution in [1.82, 2.24) is 0 Å². The maximum absolute atomic E-state index is 9.90. The zero-order chi connectivity index (χ0) is 4.50. The summed E-state index contributed by atoms with van der Waals surface area (Å²) in [6, 6.07) is 0. The third kappa shape index (κ3) is 41.7. The van der Waals surface area contributed by atoms with Crippen LogP contribution < -0.4 is 0 Å². The summed E-state index contributed by atoms with van der Waals surface area (Å²) in [5.74, 6) is 0. The first-order valence-corrected chi connectivity index (χ1v) is 5.07. The second kappa shape index (κ2) is 3.74. The number of rotatable bonds is 0. The topological polar surface area (TPSA) is 0 Å². The molecular formula is CaF4Sn. The Labute approximate surface area is 68.9 Å². The first-order valence-electron chi connectivity index (χ1n) is 0.756. The molecule has 6 heavy (non-hydrogen) atoms. The van der Waals surface area contributed by atoms with Crippen molar-refractivity contribution in [1.29, 1.82) is 0 Å². The molecule has 0 saturated carbocycles. The van der Waals surface area contributed by atoms with Gasteiger partial charge >= 0.3 is 32.1 Å². The molecule has 0 aromatic rings. The minimum atomic E-state index is -7.18. The van der Waals surface area contributed by atoms with Crippen LogP contribution in [0.5, 0.6) is 0 Å². The van der Waals surface area contributed by atoms with E-state index in [1.807, 2.05) is 0 Å². The van der Waals surface area contributed by atoms with E-state index in [1.54, 1.807) is 0 Å². The summed E-state index contributed by atoms with van der Waals surface area (Å²) in [7, 11) is 0. The first-order chi connectivity index (χ1) is 2.00. The molecule has 0 aromatic heterocycles. The van der Waals surface area contributed by atoms with Gasteiger partial charge in [-0.05, 0) is 0 Å². The fourth-order valence-corrected chi connectivity index (χ4v) is 0. The van der Waals surface area contributed by atoms with Crippen LogP contribution in [0.1, 0.15) is 0 Å². The van der Waals surface area contributed by atoms with Crippen molar-refractivity contribution in [3.8, 4) is 0 Å². The van der Waals surface area contributed by atoms with Gasteiger partial charge in [-0.2, -0.15) is 0 Å². The fraction of sp³-hybridized carbons (Fsp3) is 0. The van der Waals surface area contributed by atoms with Crippen molar-refractivity contribution >= 4 is 58.4 Å². The van der Waals surface area contributed by atoms with Gasteiger partial charge in [-0.25, -0.2) is 0 Å². The predicted molar refractivity (Wildman–Crippen MR) is 15.9 cm³/mol. The SMILES string of the molecule is [Ca].[F][Sn]([F])([F])[F]. The quantitative estimate of drug-likeness (QED) is 0.432. The summed E-state index contributed by atoms with van der Waals surface area (Å²) in [5.41, 5.74) is 0. The molecule has 0 nitrogen and oxygen atoms in total. The van der Waals surface area contributed by atoms with Crippen LogP contribution in [0.3, 0.4) is 0 Å². The van der Waals surface area contributed by atoms with Crippen molar-refractivity contribution in [3.05, 3.63) is 0 Å². The van der Waals surface area contributed by atoms with Gasteiger partial charge in [-0.1, -0.05) is 0 Å². The Balaban J connectivity index is 0. The van der Waals surface area contributed by atoms with Gasteiger partial charge in [0.15, 0.2) is 0 Å². The van der Waals surface area contributed by atoms with Gasteiger partial charge in [-0.15, -0.1) is 0 Å². The van der Waals surface area contributed by atoms with Gasteiger partial charge in [0.25, 0.3) is 0 Å². The van der Waals surface area contributed by atoms with E-state index in [-0.39, 0.29) is 37.7 Å². The van der Waals surface area contributed by atoms with E-state index in [0.29, 0.717) is 0 Å². The monoisotopic (exact) mass is 236 g/mol. The predicted octanol–water partition coefficient (Wildman–Crippen LogP) is 0.919. The Hall–Kier alpha value is 1.78. The molecule has 2 radical (unpaired) electrons. The fourth-order valence-electron chi connectivity index (χ4n) is 0. The summed E-state index contributed by atoms with van der Waals surface area (Å²) in [6.45, 7) is 0. The Kier molecular flexibility index (Phi) is 6.67. The van der Waals surface area contributed by atoms with E-state index in [0.717, 1.165) is 0 Å². The third-order valence-corrected chi connectivity index (χ3v) is 0. The summed E-state index contributed by atoms with van der Waals surface area (Å²) in [6.07, 6.45) is 0. The van der Waals surface area contributed by atoms with Gasteiger partial charge in [0.2, 0.25) is 0 Å². The Morgan fingerprint density at radius 3 is 0.833 bits per heavy atom. The molecule has 0 unspecified atom stereocenters. The van der Waals surface area contributed by atoms with Crippen LogP contribution in [-0.4, -0.2) is 58.4 Å². The molecule has 0 rings (SSSR count). The molecule has 0 saturated heterocycles. The molecule has 0 aliphatic heterocycles. The van der Waals surface area contributed by atoms with Crippen LogP contribution in [0.4, 0.5) is 11.5 Å². The molecule has 34 valence electrons. The van der Waals surface area contributed by atoms with Gasteiger partial charge in [-0.3, -0.25) is 0 Å². The van der Waals surface area contributed by atoms with E-state index in [1.165, 1.54) is 0 Å². The van der Waals surface area contributed by atoms with Crippen LogP contribution in [-0.2, 0) is 0 Å². The second-order valence-electron chi connectivity index (χ2n) is 0.429. The Morgan fingerprint density at radius 1 is 0.833 bits per heavy atom. The molecule has 0 atom stereocenters. The second-order valence-corrected chi connectivity index (χ2v) is 2.87. The van der Waals surface area contributed by atoms with Crippen LogP contribution in [0.2, 0.25) is 0 Å². The summed E-state index contributed by atoms with van der Waals surface area (Å²) >= 11 is -7.18. The third-order valence-electron chi connectivity index (χ3n) is 0.